The Labute approximate surface area is 185 Å². The van der Waals surface area contributed by atoms with Crippen LogP contribution in [0.5, 0.6) is 5.75 Å². The highest BCUT2D eigenvalue weighted by molar-refractivity contribution is 9.10. The molecule has 0 radical (unpaired) electrons. The minimum atomic E-state index is -0.220. The lowest BCUT2D eigenvalue weighted by Gasteiger charge is -2.22. The lowest BCUT2D eigenvalue weighted by atomic mass is 10.2. The van der Waals surface area contributed by atoms with E-state index in [1.54, 1.807) is 42.3 Å². The summed E-state index contributed by atoms with van der Waals surface area (Å²) in [5.74, 6) is 0.393. The molecule has 0 N–H and O–H groups in total. The highest BCUT2D eigenvalue weighted by atomic mass is 79.9. The summed E-state index contributed by atoms with van der Waals surface area (Å²) in [5.41, 5.74) is 1.05. The summed E-state index contributed by atoms with van der Waals surface area (Å²) in [6.45, 7) is 1.12. The summed E-state index contributed by atoms with van der Waals surface area (Å²) in [5, 5.41) is 1.50. The molecule has 28 heavy (non-hydrogen) atoms. The van der Waals surface area contributed by atoms with E-state index in [9.17, 15) is 4.79 Å². The first-order valence-corrected chi connectivity index (χ1v) is 10.7. The molecule has 3 aromatic rings. The monoisotopic (exact) mass is 501 g/mol. The second kappa shape index (κ2) is 8.97. The van der Waals surface area contributed by atoms with Crippen molar-refractivity contribution in [1.29, 1.82) is 0 Å². The Bertz CT molecular complexity index is 1030. The predicted molar refractivity (Wildman–Crippen MR) is 121 cm³/mol. The van der Waals surface area contributed by atoms with Gasteiger partial charge in [0.15, 0.2) is 5.13 Å². The van der Waals surface area contributed by atoms with E-state index in [1.807, 2.05) is 19.0 Å². The number of aromatic nitrogens is 1. The molecule has 9 heteroatoms. The molecule has 0 fully saturated rings. The van der Waals surface area contributed by atoms with E-state index in [2.05, 4.69) is 20.9 Å². The molecule has 0 aliphatic rings. The van der Waals surface area contributed by atoms with E-state index in [1.165, 1.54) is 11.3 Å². The van der Waals surface area contributed by atoms with Gasteiger partial charge < -0.3 is 9.64 Å². The molecule has 1 amide bonds. The second-order valence-electron chi connectivity index (χ2n) is 6.31. The zero-order valence-corrected chi connectivity index (χ0v) is 19.4. The van der Waals surface area contributed by atoms with Crippen molar-refractivity contribution in [1.82, 2.24) is 9.88 Å². The average molecular weight is 503 g/mol. The van der Waals surface area contributed by atoms with Gasteiger partial charge in [0.25, 0.3) is 5.91 Å². The van der Waals surface area contributed by atoms with Crippen molar-refractivity contribution in [2.45, 2.75) is 0 Å². The molecule has 148 valence electrons. The fraction of sp³-hybridized carbons (Fsp3) is 0.263. The first kappa shape index (κ1) is 21.3. The Morgan fingerprint density at radius 1 is 1.18 bits per heavy atom. The molecule has 2 aromatic carbocycles. The Morgan fingerprint density at radius 3 is 2.57 bits per heavy atom. The highest BCUT2D eigenvalue weighted by Gasteiger charge is 2.25. The fourth-order valence-corrected chi connectivity index (χ4v) is 4.45. The largest absolute Gasteiger partial charge is 0.494 e. The van der Waals surface area contributed by atoms with E-state index >= 15 is 0 Å². The molecule has 5 nitrogen and oxygen atoms in total. The zero-order chi connectivity index (χ0) is 20.4. The van der Waals surface area contributed by atoms with Gasteiger partial charge in [-0.25, -0.2) is 4.98 Å². The molecule has 0 bridgehead atoms. The fourth-order valence-electron chi connectivity index (χ4n) is 2.61. The van der Waals surface area contributed by atoms with Crippen molar-refractivity contribution in [2.24, 2.45) is 0 Å². The van der Waals surface area contributed by atoms with E-state index in [0.717, 1.165) is 9.17 Å². The van der Waals surface area contributed by atoms with Gasteiger partial charge in [-0.1, -0.05) is 50.5 Å². The summed E-state index contributed by atoms with van der Waals surface area (Å²) in [7, 11) is 5.48. The number of amides is 1. The minimum Gasteiger partial charge on any atom is -0.494 e. The van der Waals surface area contributed by atoms with Crippen molar-refractivity contribution < 1.29 is 9.53 Å². The summed E-state index contributed by atoms with van der Waals surface area (Å²) in [6, 6.07) is 8.74. The maximum absolute atomic E-state index is 13.4. The minimum absolute atomic E-state index is 0.220. The van der Waals surface area contributed by atoms with Gasteiger partial charge >= 0.3 is 0 Å². The maximum Gasteiger partial charge on any atom is 0.261 e. The molecule has 0 saturated carbocycles. The van der Waals surface area contributed by atoms with Gasteiger partial charge in [0.05, 0.1) is 27.4 Å². The first-order valence-electron chi connectivity index (χ1n) is 8.36. The predicted octanol–water partition coefficient (Wildman–Crippen LogP) is 5.58. The Hall–Kier alpha value is -1.38. The number of fused-ring (bicyclic) bond motifs is 1. The van der Waals surface area contributed by atoms with Gasteiger partial charge in [-0.15, -0.1) is 0 Å². The summed E-state index contributed by atoms with van der Waals surface area (Å²) < 4.78 is 6.96. The number of nitrogens with zero attached hydrogens (tertiary/aromatic N) is 3. The number of benzene rings is 2. The van der Waals surface area contributed by atoms with Crippen molar-refractivity contribution in [3.05, 3.63) is 50.4 Å². The topological polar surface area (TPSA) is 45.7 Å². The van der Waals surface area contributed by atoms with Crippen LogP contribution in [-0.2, 0) is 0 Å². The van der Waals surface area contributed by atoms with E-state index in [0.29, 0.717) is 45.1 Å². The molecular weight excluding hydrogens is 485 g/mol. The maximum atomic E-state index is 13.4. The molecular formula is C19H18BrCl2N3O2S. The number of ether oxygens (including phenoxy) is 1. The van der Waals surface area contributed by atoms with Crippen molar-refractivity contribution >= 4 is 71.7 Å². The zero-order valence-electron chi connectivity index (χ0n) is 15.5. The molecule has 0 aliphatic heterocycles. The number of carbonyl (C=O) groups excluding carboxylic acids is 1. The van der Waals surface area contributed by atoms with Gasteiger partial charge in [0, 0.05) is 17.6 Å². The number of methoxy groups -OCH3 is 1. The number of hydrogen-bond acceptors (Lipinski definition) is 5. The second-order valence-corrected chi connectivity index (χ2v) is 9.02. The normalized spacial score (nSPS) is 11.2. The van der Waals surface area contributed by atoms with Crippen LogP contribution in [-0.4, -0.2) is 50.1 Å². The van der Waals surface area contributed by atoms with Crippen LogP contribution in [0.2, 0.25) is 10.0 Å². The average Bonchev–Trinajstić information content (AvgIpc) is 3.10. The van der Waals surface area contributed by atoms with Crippen LogP contribution in [0, 0.1) is 0 Å². The summed E-state index contributed by atoms with van der Waals surface area (Å²) >= 11 is 17.4. The van der Waals surface area contributed by atoms with Crippen molar-refractivity contribution in [3.63, 3.8) is 0 Å². The van der Waals surface area contributed by atoms with Gasteiger partial charge in [-0.3, -0.25) is 9.69 Å². The lowest BCUT2D eigenvalue weighted by molar-refractivity contribution is 0.0985. The van der Waals surface area contributed by atoms with Crippen LogP contribution in [0.1, 0.15) is 10.4 Å². The van der Waals surface area contributed by atoms with E-state index in [4.69, 9.17) is 27.9 Å². The van der Waals surface area contributed by atoms with Crippen LogP contribution >= 0.6 is 50.5 Å². The van der Waals surface area contributed by atoms with Gasteiger partial charge in [0.1, 0.15) is 11.3 Å². The molecule has 0 spiro atoms. The van der Waals surface area contributed by atoms with Gasteiger partial charge in [-0.2, -0.15) is 0 Å². The third-order valence-electron chi connectivity index (χ3n) is 4.07. The molecule has 3 rings (SSSR count). The van der Waals surface area contributed by atoms with Crippen LogP contribution < -0.4 is 9.64 Å². The van der Waals surface area contributed by atoms with Crippen LogP contribution in [0.15, 0.2) is 34.8 Å². The Balaban J connectivity index is 2.10. The molecule has 1 aromatic heterocycles. The Morgan fingerprint density at radius 2 is 1.89 bits per heavy atom. The molecule has 0 unspecified atom stereocenters. The molecule has 1 heterocycles. The number of thiazole rings is 1. The van der Waals surface area contributed by atoms with Crippen LogP contribution in [0.4, 0.5) is 5.13 Å². The van der Waals surface area contributed by atoms with Crippen molar-refractivity contribution in [2.75, 3.05) is 39.2 Å². The van der Waals surface area contributed by atoms with Gasteiger partial charge in [0.2, 0.25) is 0 Å². The molecule has 0 atom stereocenters. The number of carbonyl (C=O) groups is 1. The SMILES string of the molecule is COc1ccc(Cl)c2sc(N(CCN(C)C)C(=O)c3cc(Br)ccc3Cl)nc12. The quantitative estimate of drug-likeness (QED) is 0.441. The third kappa shape index (κ3) is 4.44. The smallest absolute Gasteiger partial charge is 0.261 e. The number of hydrogen-bond donors (Lipinski definition) is 0. The lowest BCUT2D eigenvalue weighted by Crippen LogP contribution is -2.36. The standard InChI is InChI=1S/C19H18BrCl2N3O2S/c1-24(2)8-9-25(18(26)12-10-11(20)4-5-13(12)21)19-23-16-15(27-3)7-6-14(22)17(16)28-19/h4-7,10H,8-9H2,1-3H3. The number of likely N-dealkylation sites (N-methyl/N-ethyl adjacent to an activating group) is 1. The molecule has 0 saturated heterocycles. The number of anilines is 1. The van der Waals surface area contributed by atoms with E-state index in [-0.39, 0.29) is 5.91 Å². The first-order chi connectivity index (χ1) is 13.3. The number of rotatable bonds is 6. The van der Waals surface area contributed by atoms with Crippen molar-refractivity contribution in [3.8, 4) is 5.75 Å². The van der Waals surface area contributed by atoms with Crippen LogP contribution in [0.3, 0.4) is 0 Å². The summed E-state index contributed by atoms with van der Waals surface area (Å²) in [4.78, 5) is 21.7. The van der Waals surface area contributed by atoms with Gasteiger partial charge in [-0.05, 0) is 44.4 Å². The number of halogens is 3. The summed E-state index contributed by atoms with van der Waals surface area (Å²) in [6.07, 6.45) is 0. The molecule has 0 aliphatic carbocycles. The highest BCUT2D eigenvalue weighted by Crippen LogP contribution is 2.39. The third-order valence-corrected chi connectivity index (χ3v) is 6.43. The van der Waals surface area contributed by atoms with Crippen LogP contribution in [0.25, 0.3) is 10.2 Å². The van der Waals surface area contributed by atoms with E-state index < -0.39 is 0 Å². The Kier molecular flexibility index (Phi) is 6.83.